The third kappa shape index (κ3) is 3.01. The van der Waals surface area contributed by atoms with Crippen molar-refractivity contribution in [2.24, 2.45) is 0 Å². The maximum atomic E-state index is 13.2. The van der Waals surface area contributed by atoms with Gasteiger partial charge in [-0.15, -0.1) is 0 Å². The van der Waals surface area contributed by atoms with E-state index in [2.05, 4.69) is 14.3 Å². The fourth-order valence-corrected chi connectivity index (χ4v) is 4.18. The summed E-state index contributed by atoms with van der Waals surface area (Å²) in [7, 11) is 0. The van der Waals surface area contributed by atoms with E-state index in [1.165, 1.54) is 42.7 Å². The third-order valence-electron chi connectivity index (χ3n) is 4.84. The number of aromatic nitrogens is 4. The van der Waals surface area contributed by atoms with Gasteiger partial charge < -0.3 is 9.47 Å². The number of carbonyl (C=O) groups excluding carboxylic acids is 2. The van der Waals surface area contributed by atoms with Crippen molar-refractivity contribution >= 4 is 23.2 Å². The number of fused-ring (bicyclic) bond motifs is 1. The second kappa shape index (κ2) is 6.90. The van der Waals surface area contributed by atoms with E-state index in [4.69, 9.17) is 0 Å². The summed E-state index contributed by atoms with van der Waals surface area (Å²) in [6.07, 6.45) is 0. The molecule has 3 aromatic rings. The first-order chi connectivity index (χ1) is 13.4. The Hall–Kier alpha value is -2.94. The molecule has 28 heavy (non-hydrogen) atoms. The molecule has 7 nitrogen and oxygen atoms in total. The predicted molar refractivity (Wildman–Crippen MR) is 102 cm³/mol. The molecule has 1 aromatic carbocycles. The van der Waals surface area contributed by atoms with E-state index in [-0.39, 0.29) is 17.7 Å². The average molecular weight is 399 g/mol. The third-order valence-corrected chi connectivity index (χ3v) is 5.64. The molecule has 0 spiro atoms. The number of hydrogen-bond acceptors (Lipinski definition) is 6. The van der Waals surface area contributed by atoms with Gasteiger partial charge in [-0.1, -0.05) is 0 Å². The van der Waals surface area contributed by atoms with Crippen LogP contribution in [0, 0.1) is 12.7 Å². The lowest BCUT2D eigenvalue weighted by atomic mass is 10.1. The van der Waals surface area contributed by atoms with E-state index in [1.807, 2.05) is 11.5 Å². The van der Waals surface area contributed by atoms with Gasteiger partial charge in [-0.3, -0.25) is 9.59 Å². The highest BCUT2D eigenvalue weighted by molar-refractivity contribution is 7.09. The molecule has 9 heteroatoms. The molecule has 0 saturated carbocycles. The fourth-order valence-electron chi connectivity index (χ4n) is 3.51. The van der Waals surface area contributed by atoms with Crippen molar-refractivity contribution in [1.29, 1.82) is 0 Å². The fraction of sp³-hybridized carbons (Fsp3) is 0.316. The molecule has 0 radical (unpaired) electrons. The molecular formula is C19H18FN5O2S. The summed E-state index contributed by atoms with van der Waals surface area (Å²) in [6, 6.07) is 5.11. The van der Waals surface area contributed by atoms with E-state index in [0.29, 0.717) is 46.7 Å². The van der Waals surface area contributed by atoms with Gasteiger partial charge in [0.05, 0.1) is 11.7 Å². The number of imidazole rings is 1. The molecule has 1 unspecified atom stereocenters. The van der Waals surface area contributed by atoms with Gasteiger partial charge in [-0.05, 0) is 49.6 Å². The SMILES string of the molecule is CC(=O)c1nc(-c2nc(C)ns2)n2c1C(C)N(C(=O)c1ccc(F)cc1)CC2. The number of rotatable bonds is 3. The topological polar surface area (TPSA) is 81.0 Å². The van der Waals surface area contributed by atoms with Gasteiger partial charge in [0.1, 0.15) is 17.3 Å². The summed E-state index contributed by atoms with van der Waals surface area (Å²) < 4.78 is 19.3. The molecule has 0 fully saturated rings. The highest BCUT2D eigenvalue weighted by Crippen LogP contribution is 2.34. The van der Waals surface area contributed by atoms with E-state index in [0.717, 1.165) is 0 Å². The number of carbonyl (C=O) groups is 2. The Balaban J connectivity index is 1.75. The Morgan fingerprint density at radius 1 is 1.18 bits per heavy atom. The van der Waals surface area contributed by atoms with Crippen LogP contribution in [-0.2, 0) is 6.54 Å². The molecule has 1 amide bonds. The minimum Gasteiger partial charge on any atom is -0.329 e. The van der Waals surface area contributed by atoms with Crippen molar-refractivity contribution in [1.82, 2.24) is 23.8 Å². The molecule has 1 atom stereocenters. The minimum absolute atomic E-state index is 0.167. The van der Waals surface area contributed by atoms with Crippen molar-refractivity contribution in [3.8, 4) is 10.8 Å². The van der Waals surface area contributed by atoms with Crippen LogP contribution in [0.25, 0.3) is 10.8 Å². The lowest BCUT2D eigenvalue weighted by Crippen LogP contribution is -2.41. The normalized spacial score (nSPS) is 16.1. The van der Waals surface area contributed by atoms with Crippen molar-refractivity contribution in [2.75, 3.05) is 6.54 Å². The van der Waals surface area contributed by atoms with Crippen molar-refractivity contribution in [3.05, 3.63) is 52.9 Å². The van der Waals surface area contributed by atoms with Crippen LogP contribution in [0.3, 0.4) is 0 Å². The van der Waals surface area contributed by atoms with Gasteiger partial charge in [-0.2, -0.15) is 4.37 Å². The maximum Gasteiger partial charge on any atom is 0.254 e. The van der Waals surface area contributed by atoms with Crippen LogP contribution in [0.15, 0.2) is 24.3 Å². The van der Waals surface area contributed by atoms with Crippen LogP contribution < -0.4 is 0 Å². The van der Waals surface area contributed by atoms with Gasteiger partial charge in [0, 0.05) is 25.6 Å². The largest absolute Gasteiger partial charge is 0.329 e. The zero-order chi connectivity index (χ0) is 20.0. The summed E-state index contributed by atoms with van der Waals surface area (Å²) in [5.74, 6) is 0.490. The van der Waals surface area contributed by atoms with E-state index in [1.54, 1.807) is 11.8 Å². The van der Waals surface area contributed by atoms with Crippen LogP contribution >= 0.6 is 11.5 Å². The molecule has 4 rings (SSSR count). The first-order valence-corrected chi connectivity index (χ1v) is 9.62. The molecule has 0 N–H and O–H groups in total. The summed E-state index contributed by atoms with van der Waals surface area (Å²) in [5, 5.41) is 0.650. The average Bonchev–Trinajstić information content (AvgIpc) is 3.26. The molecule has 0 bridgehead atoms. The highest BCUT2D eigenvalue weighted by atomic mass is 32.1. The van der Waals surface area contributed by atoms with E-state index >= 15 is 0 Å². The summed E-state index contributed by atoms with van der Waals surface area (Å²) in [6.45, 7) is 6.07. The second-order valence-electron chi connectivity index (χ2n) is 6.71. The number of aryl methyl sites for hydroxylation is 1. The Morgan fingerprint density at radius 2 is 1.89 bits per heavy atom. The summed E-state index contributed by atoms with van der Waals surface area (Å²) in [4.78, 5) is 35.8. The monoisotopic (exact) mass is 399 g/mol. The molecule has 144 valence electrons. The van der Waals surface area contributed by atoms with Crippen LogP contribution in [0.4, 0.5) is 4.39 Å². The zero-order valence-electron chi connectivity index (χ0n) is 15.6. The smallest absolute Gasteiger partial charge is 0.254 e. The van der Waals surface area contributed by atoms with Crippen molar-refractivity contribution in [2.45, 2.75) is 33.4 Å². The maximum absolute atomic E-state index is 13.2. The zero-order valence-corrected chi connectivity index (χ0v) is 16.5. The second-order valence-corrected chi connectivity index (χ2v) is 7.46. The summed E-state index contributed by atoms with van der Waals surface area (Å²) in [5.41, 5.74) is 1.44. The molecule has 3 heterocycles. The van der Waals surface area contributed by atoms with E-state index < -0.39 is 5.82 Å². The van der Waals surface area contributed by atoms with Crippen LogP contribution in [0.5, 0.6) is 0 Å². The molecule has 0 saturated heterocycles. The number of Topliss-reactive ketones (excluding diaryl/α,β-unsaturated/α-hetero) is 1. The van der Waals surface area contributed by atoms with Crippen LogP contribution in [0.2, 0.25) is 0 Å². The first-order valence-electron chi connectivity index (χ1n) is 8.85. The molecule has 0 aliphatic carbocycles. The molecule has 2 aromatic heterocycles. The number of amides is 1. The number of hydrogen-bond donors (Lipinski definition) is 0. The number of benzene rings is 1. The Kier molecular flexibility index (Phi) is 4.54. The van der Waals surface area contributed by atoms with Gasteiger partial charge in [0.2, 0.25) is 0 Å². The van der Waals surface area contributed by atoms with Crippen molar-refractivity contribution < 1.29 is 14.0 Å². The van der Waals surface area contributed by atoms with Crippen molar-refractivity contribution in [3.63, 3.8) is 0 Å². The number of ketones is 1. The standard InChI is InChI=1S/C19H18FN5O2S/c1-10-16-15(11(2)26)22-17(18-21-12(3)23-28-18)25(16)9-8-24(10)19(27)13-4-6-14(20)7-5-13/h4-7,10H,8-9H2,1-3H3. The van der Waals surface area contributed by atoms with Gasteiger partial charge >= 0.3 is 0 Å². The lowest BCUT2D eigenvalue weighted by Gasteiger charge is -2.35. The predicted octanol–water partition coefficient (Wildman–Crippen LogP) is 3.27. The highest BCUT2D eigenvalue weighted by Gasteiger charge is 2.35. The minimum atomic E-state index is -0.392. The Labute approximate surface area is 165 Å². The molecule has 1 aliphatic rings. The molecule has 1 aliphatic heterocycles. The van der Waals surface area contributed by atoms with Gasteiger partial charge in [-0.25, -0.2) is 14.4 Å². The van der Waals surface area contributed by atoms with E-state index in [9.17, 15) is 14.0 Å². The lowest BCUT2D eigenvalue weighted by molar-refractivity contribution is 0.0641. The van der Waals surface area contributed by atoms with Crippen LogP contribution in [0.1, 0.15) is 52.3 Å². The quantitative estimate of drug-likeness (QED) is 0.632. The number of nitrogens with zero attached hydrogens (tertiary/aromatic N) is 5. The Morgan fingerprint density at radius 3 is 2.50 bits per heavy atom. The summed E-state index contributed by atoms with van der Waals surface area (Å²) >= 11 is 1.24. The Bertz CT molecular complexity index is 1070. The molecular weight excluding hydrogens is 381 g/mol. The number of halogens is 1. The van der Waals surface area contributed by atoms with Gasteiger partial charge in [0.15, 0.2) is 16.6 Å². The first kappa shape index (κ1) is 18.4. The van der Waals surface area contributed by atoms with Crippen LogP contribution in [-0.4, -0.2) is 42.0 Å². The van der Waals surface area contributed by atoms with Gasteiger partial charge in [0.25, 0.3) is 5.91 Å².